The number of carbonyl (C=O) groups excluding carboxylic acids is 2. The van der Waals surface area contributed by atoms with Crippen molar-refractivity contribution in [1.29, 1.82) is 0 Å². The van der Waals surface area contributed by atoms with Gasteiger partial charge in [0.15, 0.2) is 0 Å². The van der Waals surface area contributed by atoms with Gasteiger partial charge in [0.2, 0.25) is 6.10 Å². The smallest absolute Gasteiger partial charge is 0.313 e. The molecule has 0 aliphatic heterocycles. The third-order valence-corrected chi connectivity index (χ3v) is 5.78. The molecule has 27 heavy (non-hydrogen) atoms. The SMILES string of the molecule is O=C(Cc1csc(-c2ccsc2)n1)O[C@@H](C(=O)NC1CC1)c1ccccc1. The number of rotatable bonds is 7. The fourth-order valence-electron chi connectivity index (χ4n) is 2.63. The lowest BCUT2D eigenvalue weighted by atomic mass is 10.1. The minimum Gasteiger partial charge on any atom is -0.447 e. The van der Waals surface area contributed by atoms with Crippen LogP contribution >= 0.6 is 22.7 Å². The summed E-state index contributed by atoms with van der Waals surface area (Å²) in [6, 6.07) is 11.3. The number of esters is 1. The van der Waals surface area contributed by atoms with E-state index in [0.717, 1.165) is 23.4 Å². The first-order valence-corrected chi connectivity index (χ1v) is 10.5. The van der Waals surface area contributed by atoms with Crippen LogP contribution in [0.15, 0.2) is 52.5 Å². The van der Waals surface area contributed by atoms with Gasteiger partial charge in [-0.15, -0.1) is 11.3 Å². The van der Waals surface area contributed by atoms with E-state index in [1.165, 1.54) is 11.3 Å². The minimum absolute atomic E-state index is 0.0423. The van der Waals surface area contributed by atoms with Crippen LogP contribution < -0.4 is 5.32 Å². The average Bonchev–Trinajstić information content (AvgIpc) is 3.13. The summed E-state index contributed by atoms with van der Waals surface area (Å²) in [7, 11) is 0. The lowest BCUT2D eigenvalue weighted by molar-refractivity contribution is -0.156. The second-order valence-corrected chi connectivity index (χ2v) is 8.03. The highest BCUT2D eigenvalue weighted by Gasteiger charge is 2.30. The van der Waals surface area contributed by atoms with Crippen molar-refractivity contribution >= 4 is 34.6 Å². The average molecular weight is 399 g/mol. The Kier molecular flexibility index (Phi) is 5.31. The monoisotopic (exact) mass is 398 g/mol. The molecule has 2 heterocycles. The summed E-state index contributed by atoms with van der Waals surface area (Å²) in [6.45, 7) is 0. The Hall–Kier alpha value is -2.51. The summed E-state index contributed by atoms with van der Waals surface area (Å²) in [6.07, 6.45) is 1.06. The third kappa shape index (κ3) is 4.61. The van der Waals surface area contributed by atoms with Crippen molar-refractivity contribution in [2.75, 3.05) is 0 Å². The molecule has 1 amide bonds. The van der Waals surface area contributed by atoms with Crippen LogP contribution in [0.4, 0.5) is 0 Å². The Bertz CT molecular complexity index is 918. The van der Waals surface area contributed by atoms with E-state index in [1.807, 2.05) is 40.4 Å². The number of nitrogens with zero attached hydrogens (tertiary/aromatic N) is 1. The van der Waals surface area contributed by atoms with Gasteiger partial charge in [-0.25, -0.2) is 4.98 Å². The highest BCUT2D eigenvalue weighted by atomic mass is 32.1. The van der Waals surface area contributed by atoms with Crippen molar-refractivity contribution in [2.45, 2.75) is 31.4 Å². The van der Waals surface area contributed by atoms with Gasteiger partial charge in [0.1, 0.15) is 5.01 Å². The Labute approximate surface area is 165 Å². The summed E-state index contributed by atoms with van der Waals surface area (Å²) in [5.41, 5.74) is 2.37. The number of amides is 1. The molecular weight excluding hydrogens is 380 g/mol. The maximum Gasteiger partial charge on any atom is 0.313 e. The number of thiazole rings is 1. The molecule has 1 aliphatic carbocycles. The number of aromatic nitrogens is 1. The maximum atomic E-state index is 12.5. The van der Waals surface area contributed by atoms with E-state index >= 15 is 0 Å². The second-order valence-electron chi connectivity index (χ2n) is 6.40. The lowest BCUT2D eigenvalue weighted by Gasteiger charge is -2.17. The van der Waals surface area contributed by atoms with Gasteiger partial charge < -0.3 is 10.1 Å². The summed E-state index contributed by atoms with van der Waals surface area (Å²) >= 11 is 3.10. The van der Waals surface area contributed by atoms with Crippen LogP contribution in [0.2, 0.25) is 0 Å². The van der Waals surface area contributed by atoms with Gasteiger partial charge in [-0.3, -0.25) is 9.59 Å². The molecule has 1 N–H and O–H groups in total. The highest BCUT2D eigenvalue weighted by Crippen LogP contribution is 2.27. The summed E-state index contributed by atoms with van der Waals surface area (Å²) in [5.74, 6) is -0.730. The molecule has 2 aromatic heterocycles. The van der Waals surface area contributed by atoms with Crippen LogP contribution in [-0.4, -0.2) is 22.9 Å². The maximum absolute atomic E-state index is 12.5. The fraction of sp³-hybridized carbons (Fsp3) is 0.250. The lowest BCUT2D eigenvalue weighted by Crippen LogP contribution is -2.33. The van der Waals surface area contributed by atoms with E-state index in [4.69, 9.17) is 4.74 Å². The van der Waals surface area contributed by atoms with Crippen molar-refractivity contribution in [3.63, 3.8) is 0 Å². The van der Waals surface area contributed by atoms with Crippen LogP contribution in [-0.2, 0) is 20.7 Å². The predicted octanol–water partition coefficient (Wildman–Crippen LogP) is 3.98. The molecule has 0 spiro atoms. The van der Waals surface area contributed by atoms with Crippen LogP contribution in [0.1, 0.15) is 30.2 Å². The van der Waals surface area contributed by atoms with Crippen LogP contribution in [0.3, 0.4) is 0 Å². The van der Waals surface area contributed by atoms with Crippen molar-refractivity contribution in [1.82, 2.24) is 10.3 Å². The molecule has 1 saturated carbocycles. The summed E-state index contributed by atoms with van der Waals surface area (Å²) in [5, 5.41) is 9.67. The van der Waals surface area contributed by atoms with E-state index in [2.05, 4.69) is 10.3 Å². The molecule has 5 nitrogen and oxygen atoms in total. The van der Waals surface area contributed by atoms with Crippen LogP contribution in [0.5, 0.6) is 0 Å². The largest absolute Gasteiger partial charge is 0.447 e. The third-order valence-electron chi connectivity index (χ3n) is 4.16. The molecule has 1 fully saturated rings. The van der Waals surface area contributed by atoms with Crippen molar-refractivity contribution in [3.8, 4) is 10.6 Å². The van der Waals surface area contributed by atoms with Gasteiger partial charge in [0.25, 0.3) is 5.91 Å². The number of ether oxygens (including phenoxy) is 1. The standard InChI is InChI=1S/C20H18N2O3S2/c23-17(10-16-12-27-20(22-16)14-8-9-26-11-14)25-18(13-4-2-1-3-5-13)19(24)21-15-6-7-15/h1-5,8-9,11-12,15,18H,6-7,10H2,(H,21,24)/t18-/m1/s1. The van der Waals surface area contributed by atoms with E-state index in [0.29, 0.717) is 11.3 Å². The van der Waals surface area contributed by atoms with Gasteiger partial charge in [-0.1, -0.05) is 30.3 Å². The molecular formula is C20H18N2O3S2. The molecule has 0 unspecified atom stereocenters. The number of hydrogen-bond acceptors (Lipinski definition) is 6. The molecule has 1 aliphatic rings. The summed E-state index contributed by atoms with van der Waals surface area (Å²) in [4.78, 5) is 29.5. The molecule has 138 valence electrons. The number of benzene rings is 1. The van der Waals surface area contributed by atoms with E-state index in [1.54, 1.807) is 23.5 Å². The Morgan fingerprint density at radius 3 is 2.70 bits per heavy atom. The Morgan fingerprint density at radius 1 is 1.19 bits per heavy atom. The number of thiophene rings is 1. The quantitative estimate of drug-likeness (QED) is 0.612. The molecule has 0 saturated heterocycles. The van der Waals surface area contributed by atoms with Crippen LogP contribution in [0.25, 0.3) is 10.6 Å². The van der Waals surface area contributed by atoms with Gasteiger partial charge in [0, 0.05) is 27.9 Å². The number of hydrogen-bond donors (Lipinski definition) is 1. The van der Waals surface area contributed by atoms with E-state index in [-0.39, 0.29) is 18.4 Å². The molecule has 7 heteroatoms. The van der Waals surface area contributed by atoms with Crippen molar-refractivity contribution in [2.24, 2.45) is 0 Å². The first-order valence-electron chi connectivity index (χ1n) is 8.71. The topological polar surface area (TPSA) is 68.3 Å². The fourth-order valence-corrected chi connectivity index (χ4v) is 4.17. The van der Waals surface area contributed by atoms with Gasteiger partial charge in [-0.05, 0) is 24.3 Å². The molecule has 3 aromatic rings. The van der Waals surface area contributed by atoms with Crippen molar-refractivity contribution in [3.05, 3.63) is 63.8 Å². The molecule has 0 bridgehead atoms. The zero-order valence-electron chi connectivity index (χ0n) is 14.5. The number of carbonyl (C=O) groups is 2. The minimum atomic E-state index is -0.936. The molecule has 1 atom stereocenters. The zero-order valence-corrected chi connectivity index (χ0v) is 16.1. The second kappa shape index (κ2) is 8.02. The zero-order chi connectivity index (χ0) is 18.6. The Balaban J connectivity index is 1.44. The van der Waals surface area contributed by atoms with Gasteiger partial charge in [0.05, 0.1) is 12.1 Å². The molecule has 1 aromatic carbocycles. The van der Waals surface area contributed by atoms with Crippen molar-refractivity contribution < 1.29 is 14.3 Å². The molecule has 0 radical (unpaired) electrons. The number of nitrogens with one attached hydrogen (secondary N) is 1. The van der Waals surface area contributed by atoms with E-state index in [9.17, 15) is 9.59 Å². The Morgan fingerprint density at radius 2 is 2.00 bits per heavy atom. The predicted molar refractivity (Wildman–Crippen MR) is 106 cm³/mol. The van der Waals surface area contributed by atoms with Crippen LogP contribution in [0, 0.1) is 0 Å². The summed E-state index contributed by atoms with van der Waals surface area (Å²) < 4.78 is 5.55. The highest BCUT2D eigenvalue weighted by molar-refractivity contribution is 7.14. The van der Waals surface area contributed by atoms with E-state index < -0.39 is 12.1 Å². The first-order chi connectivity index (χ1) is 13.2. The first kappa shape index (κ1) is 17.9. The molecule has 4 rings (SSSR count). The van der Waals surface area contributed by atoms with Gasteiger partial charge >= 0.3 is 5.97 Å². The normalized spacial score (nSPS) is 14.5. The van der Waals surface area contributed by atoms with Gasteiger partial charge in [-0.2, -0.15) is 11.3 Å².